The maximum Gasteiger partial charge on any atom is 0.335 e. The minimum absolute atomic E-state index is 0.135. The fraction of sp³-hybridized carbons (Fsp3) is 0.432. The molecule has 3 aromatic carbocycles. The van der Waals surface area contributed by atoms with E-state index in [0.717, 1.165) is 24.8 Å². The van der Waals surface area contributed by atoms with Crippen molar-refractivity contribution >= 4 is 29.3 Å². The van der Waals surface area contributed by atoms with Gasteiger partial charge in [-0.3, -0.25) is 9.69 Å². The highest BCUT2D eigenvalue weighted by Gasteiger charge is 2.30. The number of aliphatic hydroxyl groups is 1. The molecule has 0 unspecified atom stereocenters. The van der Waals surface area contributed by atoms with E-state index in [-0.39, 0.29) is 48.3 Å². The van der Waals surface area contributed by atoms with Gasteiger partial charge in [-0.25, -0.2) is 14.0 Å². The van der Waals surface area contributed by atoms with Crippen LogP contribution in [0.3, 0.4) is 0 Å². The Morgan fingerprint density at radius 3 is 2.37 bits per heavy atom. The summed E-state index contributed by atoms with van der Waals surface area (Å²) in [6.07, 6.45) is 1.97. The first-order valence-electron chi connectivity index (χ1n) is 16.6. The molecule has 0 bridgehead atoms. The molecule has 1 heterocycles. The van der Waals surface area contributed by atoms with E-state index in [4.69, 9.17) is 9.47 Å². The van der Waals surface area contributed by atoms with Crippen molar-refractivity contribution in [1.82, 2.24) is 9.80 Å². The average Bonchev–Trinajstić information content (AvgIpc) is 3.07. The molecule has 4 rings (SSSR count). The Hall–Kier alpha value is -4.52. The third-order valence-corrected chi connectivity index (χ3v) is 8.56. The van der Waals surface area contributed by atoms with Crippen LogP contribution in [0.15, 0.2) is 66.7 Å². The number of likely N-dealkylation sites (N-methyl/N-ethyl adjacent to an activating group) is 1. The van der Waals surface area contributed by atoms with E-state index in [0.29, 0.717) is 36.8 Å². The number of carboxylic acid groups (broad SMARTS) is 1. The maximum absolute atomic E-state index is 14.3. The molecule has 1 aliphatic heterocycles. The van der Waals surface area contributed by atoms with Crippen molar-refractivity contribution in [3.05, 3.63) is 89.2 Å². The highest BCUT2D eigenvalue weighted by molar-refractivity contribution is 6.02. The van der Waals surface area contributed by atoms with Crippen LogP contribution in [0.4, 0.5) is 20.6 Å². The third-order valence-electron chi connectivity index (χ3n) is 8.56. The fourth-order valence-corrected chi connectivity index (χ4v) is 5.73. The number of aliphatic hydroxyl groups excluding tert-OH is 1. The first kappa shape index (κ1) is 37.3. The van der Waals surface area contributed by atoms with Gasteiger partial charge in [0.25, 0.3) is 5.91 Å². The number of amides is 3. The number of carbonyl (C=O) groups is 3. The highest BCUT2D eigenvalue weighted by atomic mass is 19.1. The van der Waals surface area contributed by atoms with Gasteiger partial charge in [0, 0.05) is 43.5 Å². The number of ether oxygens (including phenoxy) is 2. The van der Waals surface area contributed by atoms with Crippen LogP contribution in [0.5, 0.6) is 5.75 Å². The van der Waals surface area contributed by atoms with Crippen molar-refractivity contribution in [3.63, 3.8) is 0 Å². The number of urea groups is 1. The molecular weight excluding hydrogens is 631 g/mol. The predicted molar refractivity (Wildman–Crippen MR) is 186 cm³/mol. The van der Waals surface area contributed by atoms with Gasteiger partial charge < -0.3 is 35.2 Å². The summed E-state index contributed by atoms with van der Waals surface area (Å²) in [6, 6.07) is 16.0. The maximum atomic E-state index is 14.3. The number of anilines is 2. The van der Waals surface area contributed by atoms with Gasteiger partial charge in [-0.05, 0) is 100 Å². The van der Waals surface area contributed by atoms with Crippen LogP contribution in [-0.2, 0) is 11.3 Å². The molecule has 12 heteroatoms. The second-order valence-corrected chi connectivity index (χ2v) is 12.8. The lowest BCUT2D eigenvalue weighted by Gasteiger charge is -2.36. The molecule has 0 radical (unpaired) electrons. The highest BCUT2D eigenvalue weighted by Crippen LogP contribution is 2.29. The van der Waals surface area contributed by atoms with E-state index in [2.05, 4.69) is 15.5 Å². The second kappa shape index (κ2) is 17.8. The summed E-state index contributed by atoms with van der Waals surface area (Å²) in [4.78, 5) is 42.1. The van der Waals surface area contributed by atoms with Crippen LogP contribution in [-0.4, -0.2) is 89.5 Å². The number of benzene rings is 3. The van der Waals surface area contributed by atoms with Crippen molar-refractivity contribution in [1.29, 1.82) is 0 Å². The summed E-state index contributed by atoms with van der Waals surface area (Å²) in [5.41, 5.74) is 2.20. The zero-order valence-electron chi connectivity index (χ0n) is 28.5. The number of aromatic carboxylic acids is 1. The lowest BCUT2D eigenvalue weighted by atomic mass is 10.0. The van der Waals surface area contributed by atoms with Gasteiger partial charge in [-0.1, -0.05) is 19.1 Å². The number of nitrogens with one attached hydrogen (secondary N) is 2. The van der Waals surface area contributed by atoms with E-state index in [1.54, 1.807) is 54.3 Å². The van der Waals surface area contributed by atoms with Gasteiger partial charge in [0.05, 0.1) is 36.0 Å². The Labute approximate surface area is 287 Å². The van der Waals surface area contributed by atoms with Crippen molar-refractivity contribution in [3.8, 4) is 5.75 Å². The van der Waals surface area contributed by atoms with Gasteiger partial charge >= 0.3 is 12.0 Å². The zero-order valence-corrected chi connectivity index (χ0v) is 28.5. The Kier molecular flexibility index (Phi) is 13.5. The first-order chi connectivity index (χ1) is 23.4. The van der Waals surface area contributed by atoms with E-state index >= 15 is 0 Å². The molecule has 3 aromatic rings. The minimum atomic E-state index is -0.971. The van der Waals surface area contributed by atoms with E-state index < -0.39 is 23.9 Å². The molecule has 0 saturated heterocycles. The molecule has 264 valence electrons. The van der Waals surface area contributed by atoms with Crippen LogP contribution < -0.4 is 15.4 Å². The van der Waals surface area contributed by atoms with Crippen LogP contribution in [0.25, 0.3) is 0 Å². The standard InChI is InChI=1S/C37H47FN4O7/c1-24-20-42(25(2)23-43)35(44)32-19-31(40-37(47)39-30-14-12-29(38)13-15-30)16-17-33(32)49-26(3)7-5-6-18-48-34(24)22-41(4)21-27-8-10-28(11-9-27)36(45)46/h8-17,19,24-26,34,43H,5-7,18,20-23H2,1-4H3,(H,45,46)(H2,39,40,47)/t24-,25-,26-,34+/m0/s1. The molecule has 4 atom stereocenters. The van der Waals surface area contributed by atoms with Crippen LogP contribution in [0.2, 0.25) is 0 Å². The van der Waals surface area contributed by atoms with Crippen LogP contribution in [0, 0.1) is 11.7 Å². The monoisotopic (exact) mass is 678 g/mol. The summed E-state index contributed by atoms with van der Waals surface area (Å²) in [6.45, 7) is 7.44. The SMILES string of the molecule is C[C@H]1CCCCO[C@H](CN(C)Cc2ccc(C(=O)O)cc2)[C@@H](C)CN([C@@H](C)CO)C(=O)c2cc(NC(=O)Nc3ccc(F)cc3)ccc2O1. The summed E-state index contributed by atoms with van der Waals surface area (Å²) >= 11 is 0. The normalized spacial score (nSPS) is 19.7. The molecular formula is C37H47FN4O7. The summed E-state index contributed by atoms with van der Waals surface area (Å²) < 4.78 is 26.0. The Bertz CT molecular complexity index is 1550. The molecule has 0 aromatic heterocycles. The number of halogens is 1. The topological polar surface area (TPSA) is 141 Å². The number of hydrogen-bond acceptors (Lipinski definition) is 7. The van der Waals surface area contributed by atoms with E-state index in [1.165, 1.54) is 24.3 Å². The van der Waals surface area contributed by atoms with Gasteiger partial charge in [0.2, 0.25) is 0 Å². The Balaban J connectivity index is 1.56. The first-order valence-corrected chi connectivity index (χ1v) is 16.6. The Morgan fingerprint density at radius 1 is 1.02 bits per heavy atom. The lowest BCUT2D eigenvalue weighted by Crippen LogP contribution is -2.47. The molecule has 11 nitrogen and oxygen atoms in total. The van der Waals surface area contributed by atoms with Crippen molar-refractivity contribution in [2.45, 2.75) is 64.8 Å². The molecule has 0 saturated carbocycles. The van der Waals surface area contributed by atoms with E-state index in [1.807, 2.05) is 20.9 Å². The molecule has 0 spiro atoms. The summed E-state index contributed by atoms with van der Waals surface area (Å²) in [7, 11) is 1.97. The predicted octanol–water partition coefficient (Wildman–Crippen LogP) is 6.10. The number of rotatable bonds is 9. The summed E-state index contributed by atoms with van der Waals surface area (Å²) in [5.74, 6) is -1.51. The van der Waals surface area contributed by atoms with Gasteiger partial charge in [-0.2, -0.15) is 0 Å². The molecule has 49 heavy (non-hydrogen) atoms. The number of fused-ring (bicyclic) bond motifs is 1. The van der Waals surface area contributed by atoms with E-state index in [9.17, 15) is 29.0 Å². The minimum Gasteiger partial charge on any atom is -0.490 e. The third kappa shape index (κ3) is 11.0. The number of nitrogens with zero attached hydrogens (tertiary/aromatic N) is 2. The van der Waals surface area contributed by atoms with Gasteiger partial charge in [-0.15, -0.1) is 0 Å². The molecule has 1 aliphatic rings. The zero-order chi connectivity index (χ0) is 35.5. The average molecular weight is 679 g/mol. The second-order valence-electron chi connectivity index (χ2n) is 12.8. The van der Waals surface area contributed by atoms with Crippen molar-refractivity contribution in [2.75, 3.05) is 44.0 Å². The summed E-state index contributed by atoms with van der Waals surface area (Å²) in [5, 5.41) is 24.8. The van der Waals surface area contributed by atoms with Crippen LogP contribution in [0.1, 0.15) is 66.3 Å². The number of carbonyl (C=O) groups excluding carboxylic acids is 2. The lowest BCUT2D eigenvalue weighted by molar-refractivity contribution is -0.0177. The molecule has 3 amide bonds. The number of carboxylic acids is 1. The molecule has 0 aliphatic carbocycles. The molecule has 4 N–H and O–H groups in total. The quantitative estimate of drug-likeness (QED) is 0.213. The van der Waals surface area contributed by atoms with Crippen molar-refractivity contribution < 1.29 is 38.5 Å². The van der Waals surface area contributed by atoms with Gasteiger partial charge in [0.15, 0.2) is 0 Å². The molecule has 0 fully saturated rings. The van der Waals surface area contributed by atoms with Crippen molar-refractivity contribution in [2.24, 2.45) is 5.92 Å². The van der Waals surface area contributed by atoms with Crippen LogP contribution >= 0.6 is 0 Å². The largest absolute Gasteiger partial charge is 0.490 e. The van der Waals surface area contributed by atoms with Gasteiger partial charge in [0.1, 0.15) is 11.6 Å². The number of hydrogen-bond donors (Lipinski definition) is 4. The fourth-order valence-electron chi connectivity index (χ4n) is 5.73. The smallest absolute Gasteiger partial charge is 0.335 e. The Morgan fingerprint density at radius 2 is 1.69 bits per heavy atom.